The highest BCUT2D eigenvalue weighted by atomic mass is 16.5. The molecule has 10 heteroatoms. The van der Waals surface area contributed by atoms with Crippen LogP contribution in [0.1, 0.15) is 43.0 Å². The number of aromatic nitrogens is 4. The van der Waals surface area contributed by atoms with Gasteiger partial charge in [-0.25, -0.2) is 0 Å². The zero-order valence-corrected chi connectivity index (χ0v) is 21.4. The summed E-state index contributed by atoms with van der Waals surface area (Å²) in [6, 6.07) is 17.2. The van der Waals surface area contributed by atoms with Gasteiger partial charge in [0.2, 0.25) is 5.82 Å². The Balaban J connectivity index is 1.46. The third-order valence-corrected chi connectivity index (χ3v) is 6.74. The third kappa shape index (κ3) is 5.44. The van der Waals surface area contributed by atoms with Crippen LogP contribution < -0.4 is 15.0 Å². The van der Waals surface area contributed by atoms with E-state index >= 15 is 0 Å². The molecule has 1 aliphatic carbocycles. The summed E-state index contributed by atoms with van der Waals surface area (Å²) in [6.07, 6.45) is 5.50. The Morgan fingerprint density at radius 2 is 1.87 bits per heavy atom. The van der Waals surface area contributed by atoms with Crippen LogP contribution in [0.3, 0.4) is 0 Å². The van der Waals surface area contributed by atoms with E-state index in [0.29, 0.717) is 23.0 Å². The Morgan fingerprint density at radius 3 is 2.55 bits per heavy atom. The molecule has 1 N–H and O–H groups in total. The zero-order chi connectivity index (χ0) is 26.5. The van der Waals surface area contributed by atoms with Crippen LogP contribution in [0.15, 0.2) is 71.3 Å². The lowest BCUT2D eigenvalue weighted by Crippen LogP contribution is -2.47. The minimum atomic E-state index is -0.996. The number of nitrogens with zero attached hydrogens (tertiary/aromatic N) is 5. The average Bonchev–Trinajstić information content (AvgIpc) is 3.72. The van der Waals surface area contributed by atoms with E-state index in [1.165, 1.54) is 16.0 Å². The van der Waals surface area contributed by atoms with E-state index in [0.717, 1.165) is 36.8 Å². The second-order valence-corrected chi connectivity index (χ2v) is 9.33. The number of aryl methyl sites for hydroxylation is 1. The molecular formula is C28H30N6O4. The summed E-state index contributed by atoms with van der Waals surface area (Å²) in [5.41, 5.74) is 2.19. The lowest BCUT2D eigenvalue weighted by molar-refractivity contribution is -0.128. The van der Waals surface area contributed by atoms with Crippen molar-refractivity contribution in [2.45, 2.75) is 51.2 Å². The molecule has 2 aromatic heterocycles. The smallest absolute Gasteiger partial charge is 0.251 e. The Kier molecular flexibility index (Phi) is 7.48. The molecule has 10 nitrogen and oxygen atoms in total. The molecular weight excluding hydrogens is 484 g/mol. The summed E-state index contributed by atoms with van der Waals surface area (Å²) in [7, 11) is 1.60. The van der Waals surface area contributed by atoms with Gasteiger partial charge >= 0.3 is 0 Å². The summed E-state index contributed by atoms with van der Waals surface area (Å²) in [4.78, 5) is 30.3. The Labute approximate surface area is 220 Å². The van der Waals surface area contributed by atoms with Gasteiger partial charge in [0.1, 0.15) is 18.1 Å². The SMILES string of the molecule is COc1ccc(-c2nnn(CC(=O)N(c3ccccc3C)C(C(=O)NC3CCCC3)c3ccco3)n2)cc1. The van der Waals surface area contributed by atoms with Gasteiger partial charge in [-0.05, 0) is 73.0 Å². The van der Waals surface area contributed by atoms with Gasteiger partial charge in [0, 0.05) is 17.3 Å². The first-order chi connectivity index (χ1) is 18.5. The van der Waals surface area contributed by atoms with Crippen molar-refractivity contribution in [2.75, 3.05) is 12.0 Å². The van der Waals surface area contributed by atoms with Crippen LogP contribution in [0.5, 0.6) is 5.75 Å². The Morgan fingerprint density at radius 1 is 1.11 bits per heavy atom. The minimum absolute atomic E-state index is 0.0813. The highest BCUT2D eigenvalue weighted by Gasteiger charge is 2.37. The molecule has 4 aromatic rings. The molecule has 38 heavy (non-hydrogen) atoms. The molecule has 0 bridgehead atoms. The molecule has 5 rings (SSSR count). The van der Waals surface area contributed by atoms with Gasteiger partial charge in [0.25, 0.3) is 11.8 Å². The van der Waals surface area contributed by atoms with Crippen molar-refractivity contribution in [3.05, 3.63) is 78.3 Å². The highest BCUT2D eigenvalue weighted by molar-refractivity contribution is 6.01. The van der Waals surface area contributed by atoms with Crippen molar-refractivity contribution in [1.82, 2.24) is 25.5 Å². The van der Waals surface area contributed by atoms with Crippen molar-refractivity contribution in [2.24, 2.45) is 0 Å². The van der Waals surface area contributed by atoms with Crippen LogP contribution in [0.4, 0.5) is 5.69 Å². The number of tetrazole rings is 1. The van der Waals surface area contributed by atoms with Crippen molar-refractivity contribution in [3.63, 3.8) is 0 Å². The zero-order valence-electron chi connectivity index (χ0n) is 21.4. The molecule has 2 heterocycles. The first-order valence-corrected chi connectivity index (χ1v) is 12.7. The van der Waals surface area contributed by atoms with Gasteiger partial charge in [-0.3, -0.25) is 14.5 Å². The van der Waals surface area contributed by atoms with Crippen LogP contribution in [0.25, 0.3) is 11.4 Å². The molecule has 0 aliphatic heterocycles. The normalized spacial score (nSPS) is 14.3. The van der Waals surface area contributed by atoms with Crippen LogP contribution >= 0.6 is 0 Å². The monoisotopic (exact) mass is 514 g/mol. The standard InChI is InChI=1S/C28H30N6O4/c1-19-8-3-6-11-23(19)34(26(24-12-7-17-38-24)28(36)29-21-9-4-5-10-21)25(35)18-33-31-27(30-32-33)20-13-15-22(37-2)16-14-20/h3,6-8,11-17,21,26H,4-5,9-10,18H2,1-2H3,(H,29,36). The molecule has 2 aromatic carbocycles. The van der Waals surface area contributed by atoms with Gasteiger partial charge in [-0.1, -0.05) is 31.0 Å². The van der Waals surface area contributed by atoms with Gasteiger partial charge < -0.3 is 14.5 Å². The molecule has 2 amide bonds. The van der Waals surface area contributed by atoms with E-state index in [2.05, 4.69) is 20.7 Å². The van der Waals surface area contributed by atoms with Crippen molar-refractivity contribution in [3.8, 4) is 17.1 Å². The number of furan rings is 1. The van der Waals surface area contributed by atoms with Crippen LogP contribution in [-0.4, -0.2) is 45.2 Å². The Bertz CT molecular complexity index is 1380. The third-order valence-electron chi connectivity index (χ3n) is 6.74. The lowest BCUT2D eigenvalue weighted by atomic mass is 10.1. The van der Waals surface area contributed by atoms with E-state index in [-0.39, 0.29) is 24.4 Å². The lowest BCUT2D eigenvalue weighted by Gasteiger charge is -2.31. The van der Waals surface area contributed by atoms with E-state index in [4.69, 9.17) is 9.15 Å². The summed E-state index contributed by atoms with van der Waals surface area (Å²) >= 11 is 0. The quantitative estimate of drug-likeness (QED) is 0.358. The molecule has 0 saturated heterocycles. The Hall–Kier alpha value is -4.47. The summed E-state index contributed by atoms with van der Waals surface area (Å²) in [6.45, 7) is 1.69. The topological polar surface area (TPSA) is 115 Å². The summed E-state index contributed by atoms with van der Waals surface area (Å²) < 4.78 is 10.9. The highest BCUT2D eigenvalue weighted by Crippen LogP contribution is 2.32. The van der Waals surface area contributed by atoms with E-state index < -0.39 is 6.04 Å². The maximum Gasteiger partial charge on any atom is 0.251 e. The van der Waals surface area contributed by atoms with Gasteiger partial charge in [0.05, 0.1) is 13.4 Å². The number of hydrogen-bond acceptors (Lipinski definition) is 7. The number of nitrogens with one attached hydrogen (secondary N) is 1. The van der Waals surface area contributed by atoms with Crippen molar-refractivity contribution >= 4 is 17.5 Å². The average molecular weight is 515 g/mol. The fourth-order valence-electron chi connectivity index (χ4n) is 4.78. The van der Waals surface area contributed by atoms with Crippen molar-refractivity contribution in [1.29, 1.82) is 0 Å². The van der Waals surface area contributed by atoms with Gasteiger partial charge in [0.15, 0.2) is 6.04 Å². The fraction of sp³-hybridized carbons (Fsp3) is 0.321. The van der Waals surface area contributed by atoms with Crippen LogP contribution in [0, 0.1) is 6.92 Å². The number of ether oxygens (including phenoxy) is 1. The number of hydrogen-bond donors (Lipinski definition) is 1. The fourth-order valence-corrected chi connectivity index (χ4v) is 4.78. The number of benzene rings is 2. The number of amides is 2. The second kappa shape index (κ2) is 11.3. The second-order valence-electron chi connectivity index (χ2n) is 9.33. The van der Waals surface area contributed by atoms with E-state index in [1.807, 2.05) is 43.3 Å². The number of anilines is 1. The first kappa shape index (κ1) is 25.2. The molecule has 1 fully saturated rings. The van der Waals surface area contributed by atoms with E-state index in [1.54, 1.807) is 31.4 Å². The largest absolute Gasteiger partial charge is 0.497 e. The molecule has 1 unspecified atom stereocenters. The molecule has 0 spiro atoms. The molecule has 1 saturated carbocycles. The van der Waals surface area contributed by atoms with Gasteiger partial charge in [-0.2, -0.15) is 4.80 Å². The number of carbonyl (C=O) groups excluding carboxylic acids is 2. The summed E-state index contributed by atoms with van der Waals surface area (Å²) in [5.74, 6) is 0.812. The number of methoxy groups -OCH3 is 1. The number of para-hydroxylation sites is 1. The summed E-state index contributed by atoms with van der Waals surface area (Å²) in [5, 5.41) is 15.8. The van der Waals surface area contributed by atoms with Crippen molar-refractivity contribution < 1.29 is 18.7 Å². The van der Waals surface area contributed by atoms with Crippen LogP contribution in [0.2, 0.25) is 0 Å². The molecule has 1 aliphatic rings. The number of rotatable bonds is 9. The number of carbonyl (C=O) groups is 2. The molecule has 0 radical (unpaired) electrons. The molecule has 196 valence electrons. The predicted octanol–water partition coefficient (Wildman–Crippen LogP) is 4.08. The minimum Gasteiger partial charge on any atom is -0.497 e. The maximum absolute atomic E-state index is 13.9. The van der Waals surface area contributed by atoms with Gasteiger partial charge in [-0.15, -0.1) is 10.2 Å². The molecule has 1 atom stereocenters. The van der Waals surface area contributed by atoms with E-state index in [9.17, 15) is 9.59 Å². The van der Waals surface area contributed by atoms with Crippen LogP contribution in [-0.2, 0) is 16.1 Å². The first-order valence-electron chi connectivity index (χ1n) is 12.7. The maximum atomic E-state index is 13.9. The predicted molar refractivity (Wildman–Crippen MR) is 140 cm³/mol.